The van der Waals surface area contributed by atoms with Crippen molar-refractivity contribution < 1.29 is 9.53 Å². The number of carbonyl (C=O) groups is 1. The van der Waals surface area contributed by atoms with Crippen molar-refractivity contribution in [3.8, 4) is 0 Å². The van der Waals surface area contributed by atoms with Crippen molar-refractivity contribution in [1.29, 1.82) is 0 Å². The zero-order valence-corrected chi connectivity index (χ0v) is 12.4. The van der Waals surface area contributed by atoms with Gasteiger partial charge in [0, 0.05) is 11.9 Å². The third-order valence-electron chi connectivity index (χ3n) is 3.07. The smallest absolute Gasteiger partial charge is 0.339 e. The summed E-state index contributed by atoms with van der Waals surface area (Å²) in [6, 6.07) is 11.7. The number of aryl methyl sites for hydroxylation is 1. The molecule has 0 aliphatic rings. The molecule has 0 atom stereocenters. The van der Waals surface area contributed by atoms with Gasteiger partial charge in [0.05, 0.1) is 12.2 Å². The molecule has 1 N–H and O–H groups in total. The zero-order valence-electron chi connectivity index (χ0n) is 12.4. The van der Waals surface area contributed by atoms with Crippen LogP contribution in [0.2, 0.25) is 0 Å². The summed E-state index contributed by atoms with van der Waals surface area (Å²) in [4.78, 5) is 15.8. The van der Waals surface area contributed by atoms with E-state index >= 15 is 0 Å². The fourth-order valence-electron chi connectivity index (χ4n) is 2.07. The Morgan fingerprint density at radius 3 is 2.67 bits per heavy atom. The lowest BCUT2D eigenvalue weighted by molar-refractivity contribution is 0.0526. The highest BCUT2D eigenvalue weighted by Crippen LogP contribution is 2.21. The Kier molecular flexibility index (Phi) is 5.32. The van der Waals surface area contributed by atoms with Gasteiger partial charge < -0.3 is 10.1 Å². The molecule has 4 nitrogen and oxygen atoms in total. The van der Waals surface area contributed by atoms with Crippen LogP contribution in [-0.4, -0.2) is 17.6 Å². The van der Waals surface area contributed by atoms with Gasteiger partial charge >= 0.3 is 5.97 Å². The molecule has 0 fully saturated rings. The Labute approximate surface area is 125 Å². The summed E-state index contributed by atoms with van der Waals surface area (Å²) in [6.07, 6.45) is 3.64. The second-order valence-corrected chi connectivity index (χ2v) is 4.68. The fraction of sp³-hybridized carbons (Fsp3) is 0.294. The molecular weight excluding hydrogens is 264 g/mol. The molecule has 1 heterocycles. The molecule has 110 valence electrons. The van der Waals surface area contributed by atoms with Crippen LogP contribution < -0.4 is 5.32 Å². The van der Waals surface area contributed by atoms with E-state index in [1.54, 1.807) is 19.1 Å². The Bertz CT molecular complexity index is 594. The molecule has 2 aromatic rings. The van der Waals surface area contributed by atoms with Gasteiger partial charge in [-0.2, -0.15) is 0 Å². The van der Waals surface area contributed by atoms with Crippen molar-refractivity contribution in [2.45, 2.75) is 26.7 Å². The summed E-state index contributed by atoms with van der Waals surface area (Å²) in [6.45, 7) is 4.30. The van der Waals surface area contributed by atoms with E-state index < -0.39 is 0 Å². The van der Waals surface area contributed by atoms with Gasteiger partial charge in [0.25, 0.3) is 0 Å². The zero-order chi connectivity index (χ0) is 15.1. The highest BCUT2D eigenvalue weighted by molar-refractivity contribution is 5.89. The monoisotopic (exact) mass is 284 g/mol. The third-order valence-corrected chi connectivity index (χ3v) is 3.07. The minimum absolute atomic E-state index is 0.345. The molecule has 0 saturated carbocycles. The van der Waals surface area contributed by atoms with Crippen LogP contribution in [0.5, 0.6) is 0 Å². The number of ether oxygens (including phenoxy) is 1. The second-order valence-electron chi connectivity index (χ2n) is 4.68. The van der Waals surface area contributed by atoms with Gasteiger partial charge in [0.1, 0.15) is 5.82 Å². The Morgan fingerprint density at radius 1 is 1.19 bits per heavy atom. The lowest BCUT2D eigenvalue weighted by atomic mass is 10.1. The average Bonchev–Trinajstić information content (AvgIpc) is 2.50. The van der Waals surface area contributed by atoms with Gasteiger partial charge in [-0.1, -0.05) is 31.5 Å². The molecule has 0 amide bonds. The maximum atomic E-state index is 11.6. The van der Waals surface area contributed by atoms with Gasteiger partial charge in [-0.15, -0.1) is 0 Å². The SMILES string of the molecule is CCCc1ccccc1Nc1ccc(C(=O)OCC)cn1. The van der Waals surface area contributed by atoms with Crippen molar-refractivity contribution >= 4 is 17.5 Å². The summed E-state index contributed by atoms with van der Waals surface area (Å²) in [5, 5.41) is 3.29. The van der Waals surface area contributed by atoms with E-state index in [1.807, 2.05) is 18.2 Å². The summed E-state index contributed by atoms with van der Waals surface area (Å²) in [7, 11) is 0. The molecular formula is C17H20N2O2. The van der Waals surface area contributed by atoms with Crippen molar-refractivity contribution in [3.05, 3.63) is 53.7 Å². The lowest BCUT2D eigenvalue weighted by Crippen LogP contribution is -2.05. The maximum absolute atomic E-state index is 11.6. The van der Waals surface area contributed by atoms with E-state index in [2.05, 4.69) is 23.3 Å². The van der Waals surface area contributed by atoms with E-state index in [1.165, 1.54) is 11.8 Å². The number of benzene rings is 1. The van der Waals surface area contributed by atoms with E-state index in [4.69, 9.17) is 4.74 Å². The first-order valence-electron chi connectivity index (χ1n) is 7.22. The number of carbonyl (C=O) groups excluding carboxylic acids is 1. The highest BCUT2D eigenvalue weighted by atomic mass is 16.5. The molecule has 2 rings (SSSR count). The molecule has 1 aromatic heterocycles. The number of rotatable bonds is 6. The van der Waals surface area contributed by atoms with Crippen LogP contribution in [0, 0.1) is 0 Å². The predicted octanol–water partition coefficient (Wildman–Crippen LogP) is 3.95. The molecule has 0 spiro atoms. The third kappa shape index (κ3) is 4.05. The minimum Gasteiger partial charge on any atom is -0.462 e. The molecule has 0 bridgehead atoms. The van der Waals surface area contributed by atoms with Crippen LogP contribution in [0.15, 0.2) is 42.6 Å². The van der Waals surface area contributed by atoms with E-state index in [9.17, 15) is 4.79 Å². The number of esters is 1. The topological polar surface area (TPSA) is 51.2 Å². The first kappa shape index (κ1) is 15.0. The molecule has 0 aliphatic carbocycles. The fourth-order valence-corrected chi connectivity index (χ4v) is 2.07. The van der Waals surface area contributed by atoms with Crippen molar-refractivity contribution in [1.82, 2.24) is 4.98 Å². The summed E-state index contributed by atoms with van der Waals surface area (Å²) >= 11 is 0. The number of nitrogens with zero attached hydrogens (tertiary/aromatic N) is 1. The summed E-state index contributed by atoms with van der Waals surface area (Å²) < 4.78 is 4.94. The lowest BCUT2D eigenvalue weighted by Gasteiger charge is -2.11. The predicted molar refractivity (Wildman–Crippen MR) is 83.9 cm³/mol. The Hall–Kier alpha value is -2.36. The normalized spacial score (nSPS) is 10.2. The standard InChI is InChI=1S/C17H20N2O2/c1-3-7-13-8-5-6-9-15(13)19-16-11-10-14(12-18-16)17(20)21-4-2/h5-6,8-12H,3-4,7H2,1-2H3,(H,18,19). The molecule has 21 heavy (non-hydrogen) atoms. The van der Waals surface area contributed by atoms with Crippen LogP contribution in [0.25, 0.3) is 0 Å². The Balaban J connectivity index is 2.12. The summed E-state index contributed by atoms with van der Waals surface area (Å²) in [5.74, 6) is 0.370. The van der Waals surface area contributed by atoms with E-state index in [-0.39, 0.29) is 5.97 Å². The molecule has 0 unspecified atom stereocenters. The first-order chi connectivity index (χ1) is 10.2. The van der Waals surface area contributed by atoms with Crippen LogP contribution in [0.3, 0.4) is 0 Å². The molecule has 0 aliphatic heterocycles. The number of hydrogen-bond acceptors (Lipinski definition) is 4. The van der Waals surface area contributed by atoms with Crippen LogP contribution >= 0.6 is 0 Å². The van der Waals surface area contributed by atoms with Gasteiger partial charge in [-0.25, -0.2) is 9.78 Å². The number of nitrogens with one attached hydrogen (secondary N) is 1. The van der Waals surface area contributed by atoms with Crippen LogP contribution in [-0.2, 0) is 11.2 Å². The number of aromatic nitrogens is 1. The molecule has 1 aromatic carbocycles. The molecule has 0 radical (unpaired) electrons. The van der Waals surface area contributed by atoms with Gasteiger partial charge in [-0.3, -0.25) is 0 Å². The van der Waals surface area contributed by atoms with Crippen molar-refractivity contribution in [2.24, 2.45) is 0 Å². The van der Waals surface area contributed by atoms with Crippen LogP contribution in [0.4, 0.5) is 11.5 Å². The minimum atomic E-state index is -0.345. The first-order valence-corrected chi connectivity index (χ1v) is 7.22. The Morgan fingerprint density at radius 2 is 2.00 bits per heavy atom. The van der Waals surface area contributed by atoms with Crippen molar-refractivity contribution in [2.75, 3.05) is 11.9 Å². The average molecular weight is 284 g/mol. The second kappa shape index (κ2) is 7.43. The largest absolute Gasteiger partial charge is 0.462 e. The maximum Gasteiger partial charge on any atom is 0.339 e. The number of pyridine rings is 1. The van der Waals surface area contributed by atoms with E-state index in [0.717, 1.165) is 18.5 Å². The van der Waals surface area contributed by atoms with Gasteiger partial charge in [0.2, 0.25) is 0 Å². The van der Waals surface area contributed by atoms with Gasteiger partial charge in [0.15, 0.2) is 0 Å². The number of para-hydroxylation sites is 1. The van der Waals surface area contributed by atoms with Gasteiger partial charge in [-0.05, 0) is 37.1 Å². The molecule has 0 saturated heterocycles. The highest BCUT2D eigenvalue weighted by Gasteiger charge is 2.07. The quantitative estimate of drug-likeness (QED) is 0.816. The number of anilines is 2. The number of hydrogen-bond donors (Lipinski definition) is 1. The van der Waals surface area contributed by atoms with Crippen molar-refractivity contribution in [3.63, 3.8) is 0 Å². The van der Waals surface area contributed by atoms with E-state index in [0.29, 0.717) is 18.0 Å². The van der Waals surface area contributed by atoms with Crippen LogP contribution in [0.1, 0.15) is 36.2 Å². The summed E-state index contributed by atoms with van der Waals surface area (Å²) in [5.41, 5.74) is 2.77. The molecule has 4 heteroatoms.